The topological polar surface area (TPSA) is 62.6 Å². The van der Waals surface area contributed by atoms with Gasteiger partial charge < -0.3 is 9.73 Å². The molecule has 2 fully saturated rings. The van der Waals surface area contributed by atoms with E-state index in [9.17, 15) is 8.42 Å². The molecule has 1 aliphatic heterocycles. The fourth-order valence-corrected chi connectivity index (χ4v) is 3.87. The molecule has 5 nitrogen and oxygen atoms in total. The van der Waals surface area contributed by atoms with E-state index in [4.69, 9.17) is 4.42 Å². The van der Waals surface area contributed by atoms with E-state index in [-0.39, 0.29) is 5.09 Å². The second kappa shape index (κ2) is 5.26. The van der Waals surface area contributed by atoms with Crippen molar-refractivity contribution in [2.45, 2.75) is 36.8 Å². The zero-order valence-electron chi connectivity index (χ0n) is 10.9. The highest BCUT2D eigenvalue weighted by Gasteiger charge is 2.31. The second-order valence-electron chi connectivity index (χ2n) is 5.46. The Hall–Kier alpha value is -0.850. The van der Waals surface area contributed by atoms with Crippen molar-refractivity contribution in [1.82, 2.24) is 9.62 Å². The second-order valence-corrected chi connectivity index (χ2v) is 7.33. The van der Waals surface area contributed by atoms with Gasteiger partial charge in [0.25, 0.3) is 10.0 Å². The van der Waals surface area contributed by atoms with Gasteiger partial charge in [-0.3, -0.25) is 0 Å². The van der Waals surface area contributed by atoms with Crippen molar-refractivity contribution >= 4 is 10.0 Å². The molecule has 0 spiro atoms. The smallest absolute Gasteiger partial charge is 0.276 e. The molecular weight excluding hydrogens is 264 g/mol. The van der Waals surface area contributed by atoms with Crippen molar-refractivity contribution in [2.75, 3.05) is 19.6 Å². The van der Waals surface area contributed by atoms with Crippen molar-refractivity contribution in [3.8, 4) is 0 Å². The van der Waals surface area contributed by atoms with Gasteiger partial charge >= 0.3 is 0 Å². The van der Waals surface area contributed by atoms with Crippen LogP contribution in [0.15, 0.2) is 27.9 Å². The van der Waals surface area contributed by atoms with Crippen molar-refractivity contribution in [2.24, 2.45) is 5.92 Å². The number of hydrogen-bond acceptors (Lipinski definition) is 4. The lowest BCUT2D eigenvalue weighted by atomic mass is 10.1. The molecule has 1 aromatic rings. The van der Waals surface area contributed by atoms with E-state index in [1.165, 1.54) is 29.5 Å². The van der Waals surface area contributed by atoms with E-state index in [1.54, 1.807) is 6.07 Å². The van der Waals surface area contributed by atoms with Crippen LogP contribution in [0.2, 0.25) is 0 Å². The van der Waals surface area contributed by atoms with Gasteiger partial charge in [0, 0.05) is 19.1 Å². The maximum atomic E-state index is 12.2. The Balaban J connectivity index is 1.54. The summed E-state index contributed by atoms with van der Waals surface area (Å²) in [4.78, 5) is 0. The van der Waals surface area contributed by atoms with Gasteiger partial charge in [0.2, 0.25) is 5.09 Å². The third kappa shape index (κ3) is 3.01. The van der Waals surface area contributed by atoms with Gasteiger partial charge in [0.15, 0.2) is 0 Å². The summed E-state index contributed by atoms with van der Waals surface area (Å²) >= 11 is 0. The molecular formula is C13H20N2O3S. The lowest BCUT2D eigenvalue weighted by Crippen LogP contribution is -2.45. The molecule has 1 saturated heterocycles. The molecule has 1 aromatic heterocycles. The van der Waals surface area contributed by atoms with Crippen LogP contribution < -0.4 is 5.32 Å². The van der Waals surface area contributed by atoms with Gasteiger partial charge in [-0.05, 0) is 50.3 Å². The van der Waals surface area contributed by atoms with Crippen LogP contribution in [0.4, 0.5) is 0 Å². The van der Waals surface area contributed by atoms with Crippen molar-refractivity contribution < 1.29 is 12.8 Å². The molecule has 0 atom stereocenters. The quantitative estimate of drug-likeness (QED) is 0.888. The van der Waals surface area contributed by atoms with E-state index in [2.05, 4.69) is 5.32 Å². The summed E-state index contributed by atoms with van der Waals surface area (Å²) in [5.74, 6) is 0.866. The Kier molecular flexibility index (Phi) is 3.64. The summed E-state index contributed by atoms with van der Waals surface area (Å²) in [6.45, 7) is 2.24. The molecule has 1 N–H and O–H groups in total. The number of rotatable bonds is 5. The number of sulfonamides is 1. The van der Waals surface area contributed by atoms with Crippen molar-refractivity contribution in [1.29, 1.82) is 0 Å². The van der Waals surface area contributed by atoms with Crippen molar-refractivity contribution in [3.05, 3.63) is 18.4 Å². The summed E-state index contributed by atoms with van der Waals surface area (Å²) in [7, 11) is -3.42. The first-order valence-corrected chi connectivity index (χ1v) is 8.37. The molecule has 0 unspecified atom stereocenters. The van der Waals surface area contributed by atoms with E-state index in [1.807, 2.05) is 0 Å². The summed E-state index contributed by atoms with van der Waals surface area (Å²) < 4.78 is 31.0. The van der Waals surface area contributed by atoms with Crippen LogP contribution in [0.5, 0.6) is 0 Å². The normalized spacial score (nSPS) is 22.7. The van der Waals surface area contributed by atoms with Crippen LogP contribution in [0.25, 0.3) is 0 Å². The molecule has 0 radical (unpaired) electrons. The average molecular weight is 284 g/mol. The van der Waals surface area contributed by atoms with Crippen molar-refractivity contribution in [3.63, 3.8) is 0 Å². The highest BCUT2D eigenvalue weighted by atomic mass is 32.2. The predicted molar refractivity (Wildman–Crippen MR) is 71.2 cm³/mol. The predicted octanol–water partition coefficient (Wildman–Crippen LogP) is 1.43. The van der Waals surface area contributed by atoms with Gasteiger partial charge in [-0.1, -0.05) is 0 Å². The highest BCUT2D eigenvalue weighted by Crippen LogP contribution is 2.28. The summed E-state index contributed by atoms with van der Waals surface area (Å²) in [6, 6.07) is 3.58. The fraction of sp³-hybridized carbons (Fsp3) is 0.692. The van der Waals surface area contributed by atoms with E-state index < -0.39 is 10.0 Å². The zero-order chi connectivity index (χ0) is 13.3. The Bertz CT molecular complexity index is 500. The van der Waals surface area contributed by atoms with Gasteiger partial charge in [0.1, 0.15) is 0 Å². The number of piperidine rings is 1. The number of nitrogens with zero attached hydrogens (tertiary/aromatic N) is 1. The molecule has 1 aliphatic carbocycles. The van der Waals surface area contributed by atoms with Crippen LogP contribution in [-0.2, 0) is 10.0 Å². The van der Waals surface area contributed by atoms with Crippen LogP contribution >= 0.6 is 0 Å². The first-order chi connectivity index (χ1) is 9.16. The summed E-state index contributed by atoms with van der Waals surface area (Å²) in [5, 5.41) is 3.60. The molecule has 3 rings (SSSR count). The Morgan fingerprint density at radius 1 is 1.26 bits per heavy atom. The van der Waals surface area contributed by atoms with Crippen LogP contribution in [0, 0.1) is 5.92 Å². The molecule has 2 heterocycles. The number of hydrogen-bond donors (Lipinski definition) is 1. The van der Waals surface area contributed by atoms with Gasteiger partial charge in [-0.2, -0.15) is 4.31 Å². The third-order valence-electron chi connectivity index (χ3n) is 3.94. The minimum absolute atomic E-state index is 0.0527. The molecule has 0 bridgehead atoms. The summed E-state index contributed by atoms with van der Waals surface area (Å²) in [5.41, 5.74) is 0. The zero-order valence-corrected chi connectivity index (χ0v) is 11.7. The van der Waals surface area contributed by atoms with Gasteiger partial charge in [-0.15, -0.1) is 0 Å². The maximum absolute atomic E-state index is 12.2. The van der Waals surface area contributed by atoms with E-state index in [0.717, 1.165) is 25.3 Å². The van der Waals surface area contributed by atoms with Gasteiger partial charge in [-0.25, -0.2) is 8.42 Å². The molecule has 0 aromatic carbocycles. The highest BCUT2D eigenvalue weighted by molar-refractivity contribution is 7.89. The van der Waals surface area contributed by atoms with Crippen LogP contribution in [0.3, 0.4) is 0 Å². The summed E-state index contributed by atoms with van der Waals surface area (Å²) in [6.07, 6.45) is 5.85. The van der Waals surface area contributed by atoms with Crippen LogP contribution in [0.1, 0.15) is 25.7 Å². The lowest BCUT2D eigenvalue weighted by molar-refractivity contribution is 0.282. The number of nitrogens with one attached hydrogen (secondary N) is 1. The SMILES string of the molecule is O=S(=O)(c1ccco1)N1CCC(NCC2CC2)CC1. The molecule has 106 valence electrons. The largest absolute Gasteiger partial charge is 0.452 e. The Morgan fingerprint density at radius 3 is 2.58 bits per heavy atom. The first-order valence-electron chi connectivity index (χ1n) is 6.93. The first kappa shape index (κ1) is 13.1. The molecule has 19 heavy (non-hydrogen) atoms. The minimum atomic E-state index is -3.42. The Labute approximate surface area is 114 Å². The monoisotopic (exact) mass is 284 g/mol. The third-order valence-corrected chi connectivity index (χ3v) is 5.72. The maximum Gasteiger partial charge on any atom is 0.276 e. The van der Waals surface area contributed by atoms with E-state index in [0.29, 0.717) is 19.1 Å². The van der Waals surface area contributed by atoms with Crippen LogP contribution in [-0.4, -0.2) is 38.4 Å². The standard InChI is InChI=1S/C13H20N2O3S/c16-19(17,13-2-1-9-18-13)15-7-5-12(6-8-15)14-10-11-3-4-11/h1-2,9,11-12,14H,3-8,10H2. The molecule has 0 amide bonds. The molecule has 2 aliphatic rings. The average Bonchev–Trinajstić information content (AvgIpc) is 3.07. The lowest BCUT2D eigenvalue weighted by Gasteiger charge is -2.31. The number of furan rings is 1. The van der Waals surface area contributed by atoms with E-state index >= 15 is 0 Å². The fourth-order valence-electron chi connectivity index (χ4n) is 2.49. The van der Waals surface area contributed by atoms with Gasteiger partial charge in [0.05, 0.1) is 6.26 Å². The molecule has 6 heteroatoms. The Morgan fingerprint density at radius 2 is 2.00 bits per heavy atom. The molecule has 1 saturated carbocycles. The minimum Gasteiger partial charge on any atom is -0.452 e.